The Kier molecular flexibility index (Phi) is 8.91. The third-order valence-corrected chi connectivity index (χ3v) is 13.0. The number of anilines is 3. The van der Waals surface area contributed by atoms with Crippen LogP contribution >= 0.6 is 0 Å². The van der Waals surface area contributed by atoms with Gasteiger partial charge in [-0.2, -0.15) is 0 Å². The number of fused-ring (bicyclic) bond motifs is 4. The van der Waals surface area contributed by atoms with Gasteiger partial charge in [0.15, 0.2) is 0 Å². The highest BCUT2D eigenvalue weighted by molar-refractivity contribution is 6.10. The van der Waals surface area contributed by atoms with E-state index in [-0.39, 0.29) is 10.8 Å². The molecule has 288 valence electrons. The van der Waals surface area contributed by atoms with Gasteiger partial charge in [0.05, 0.1) is 11.0 Å². The second-order valence-electron chi connectivity index (χ2n) is 17.7. The SMILES string of the molecule is Cc1cc2c(cc1-c1ccc(-n3c4ccccc4c4ccc(N(c5ccc(-c6ccccc6)cc5)c5ccc(-c6ccccc6)cc5)cc43)cc1)C(C)(C)CCC2(C)C. The van der Waals surface area contributed by atoms with Gasteiger partial charge >= 0.3 is 0 Å². The van der Waals surface area contributed by atoms with Crippen molar-refractivity contribution in [3.8, 4) is 39.1 Å². The summed E-state index contributed by atoms with van der Waals surface area (Å²) in [7, 11) is 0. The van der Waals surface area contributed by atoms with Crippen molar-refractivity contribution >= 4 is 38.9 Å². The normalized spacial score (nSPS) is 14.3. The average molecular weight is 763 g/mol. The first-order valence-electron chi connectivity index (χ1n) is 21.1. The summed E-state index contributed by atoms with van der Waals surface area (Å²) in [5, 5.41) is 2.49. The van der Waals surface area contributed by atoms with Gasteiger partial charge in [0, 0.05) is 33.5 Å². The maximum absolute atomic E-state index is 2.50. The fourth-order valence-corrected chi connectivity index (χ4v) is 9.51. The zero-order valence-electron chi connectivity index (χ0n) is 34.7. The van der Waals surface area contributed by atoms with E-state index in [0.29, 0.717) is 0 Å². The van der Waals surface area contributed by atoms with Crippen LogP contribution in [-0.4, -0.2) is 4.57 Å². The Labute approximate surface area is 349 Å². The van der Waals surface area contributed by atoms with Crippen molar-refractivity contribution in [1.82, 2.24) is 4.57 Å². The molecule has 0 radical (unpaired) electrons. The molecule has 0 N–H and O–H groups in total. The summed E-state index contributed by atoms with van der Waals surface area (Å²) in [6.07, 6.45) is 2.43. The maximum Gasteiger partial charge on any atom is 0.0561 e. The van der Waals surface area contributed by atoms with Gasteiger partial charge in [0.1, 0.15) is 0 Å². The predicted molar refractivity (Wildman–Crippen MR) is 252 cm³/mol. The molecular formula is C57H50N2. The first-order chi connectivity index (χ1) is 28.6. The molecule has 9 aromatic rings. The van der Waals surface area contributed by atoms with Gasteiger partial charge < -0.3 is 9.47 Å². The van der Waals surface area contributed by atoms with Crippen LogP contribution in [0.5, 0.6) is 0 Å². The van der Waals surface area contributed by atoms with Crippen molar-refractivity contribution in [1.29, 1.82) is 0 Å². The number of para-hydroxylation sites is 1. The second kappa shape index (κ2) is 14.3. The van der Waals surface area contributed by atoms with Crippen LogP contribution in [-0.2, 0) is 10.8 Å². The fourth-order valence-electron chi connectivity index (χ4n) is 9.51. The molecule has 0 aliphatic heterocycles. The van der Waals surface area contributed by atoms with Gasteiger partial charge in [-0.3, -0.25) is 0 Å². The number of nitrogens with zero attached hydrogens (tertiary/aromatic N) is 2. The van der Waals surface area contributed by atoms with Crippen LogP contribution in [0.1, 0.15) is 57.2 Å². The molecule has 1 heterocycles. The summed E-state index contributed by atoms with van der Waals surface area (Å²) in [6, 6.07) is 69.2. The van der Waals surface area contributed by atoms with Crippen molar-refractivity contribution in [3.05, 3.63) is 205 Å². The molecule has 0 fully saturated rings. The van der Waals surface area contributed by atoms with Gasteiger partial charge in [0.25, 0.3) is 0 Å². The number of aryl methyl sites for hydroxylation is 1. The summed E-state index contributed by atoms with van der Waals surface area (Å²) in [6.45, 7) is 11.9. The molecular weight excluding hydrogens is 713 g/mol. The van der Waals surface area contributed by atoms with Crippen molar-refractivity contribution in [2.45, 2.75) is 58.3 Å². The van der Waals surface area contributed by atoms with Crippen LogP contribution in [0, 0.1) is 6.92 Å². The molecule has 0 unspecified atom stereocenters. The van der Waals surface area contributed by atoms with Gasteiger partial charge in [-0.1, -0.05) is 161 Å². The lowest BCUT2D eigenvalue weighted by atomic mass is 9.62. The molecule has 59 heavy (non-hydrogen) atoms. The van der Waals surface area contributed by atoms with Gasteiger partial charge in [-0.15, -0.1) is 0 Å². The van der Waals surface area contributed by atoms with Crippen LogP contribution in [0.25, 0.3) is 60.9 Å². The summed E-state index contributed by atoms with van der Waals surface area (Å²) < 4.78 is 2.44. The topological polar surface area (TPSA) is 8.17 Å². The van der Waals surface area contributed by atoms with Crippen molar-refractivity contribution in [3.63, 3.8) is 0 Å². The molecule has 0 saturated carbocycles. The van der Waals surface area contributed by atoms with Crippen LogP contribution in [0.2, 0.25) is 0 Å². The Bertz CT molecular complexity index is 2870. The Balaban J connectivity index is 1.09. The summed E-state index contributed by atoms with van der Waals surface area (Å²) in [5.74, 6) is 0. The molecule has 2 heteroatoms. The quantitative estimate of drug-likeness (QED) is 0.157. The smallest absolute Gasteiger partial charge is 0.0561 e. The van der Waals surface area contributed by atoms with Crippen LogP contribution in [0.15, 0.2) is 188 Å². The van der Waals surface area contributed by atoms with E-state index >= 15 is 0 Å². The van der Waals surface area contributed by atoms with E-state index in [1.54, 1.807) is 0 Å². The number of benzene rings is 8. The van der Waals surface area contributed by atoms with E-state index in [2.05, 4.69) is 232 Å². The van der Waals surface area contributed by atoms with Crippen LogP contribution in [0.4, 0.5) is 17.1 Å². The molecule has 0 bridgehead atoms. The average Bonchev–Trinajstić information content (AvgIpc) is 3.60. The zero-order chi connectivity index (χ0) is 40.3. The standard InChI is InChI=1S/C57H50N2/c1-39-36-52-53(57(4,5)35-34-56(52,2)3)38-51(39)44-24-30-47(31-25-44)59-54-19-13-12-18-49(54)50-33-32-48(37-55(50)59)58(45-26-20-42(21-27-45)40-14-8-6-9-15-40)46-28-22-43(23-29-46)41-16-10-7-11-17-41/h6-33,36-38H,34-35H2,1-5H3. The Morgan fingerprint density at radius 3 is 1.44 bits per heavy atom. The minimum Gasteiger partial charge on any atom is -0.310 e. The lowest BCUT2D eigenvalue weighted by Crippen LogP contribution is -2.34. The van der Waals surface area contributed by atoms with E-state index < -0.39 is 0 Å². The van der Waals surface area contributed by atoms with Crippen molar-refractivity contribution in [2.24, 2.45) is 0 Å². The lowest BCUT2D eigenvalue weighted by molar-refractivity contribution is 0.332. The highest BCUT2D eigenvalue weighted by Crippen LogP contribution is 2.48. The molecule has 1 aromatic heterocycles. The summed E-state index contributed by atoms with van der Waals surface area (Å²) in [4.78, 5) is 2.38. The molecule has 10 rings (SSSR count). The molecule has 0 amide bonds. The molecule has 2 nitrogen and oxygen atoms in total. The maximum atomic E-state index is 2.50. The Hall–Kier alpha value is -6.64. The first-order valence-corrected chi connectivity index (χ1v) is 21.1. The van der Waals surface area contributed by atoms with Gasteiger partial charge in [0.2, 0.25) is 0 Å². The third-order valence-electron chi connectivity index (χ3n) is 13.0. The number of rotatable bonds is 7. The van der Waals surface area contributed by atoms with Gasteiger partial charge in [-0.05, 0) is 135 Å². The monoisotopic (exact) mass is 762 g/mol. The second-order valence-corrected chi connectivity index (χ2v) is 17.7. The number of hydrogen-bond donors (Lipinski definition) is 0. The number of aromatic nitrogens is 1. The van der Waals surface area contributed by atoms with Crippen molar-refractivity contribution < 1.29 is 0 Å². The molecule has 0 atom stereocenters. The molecule has 0 saturated heterocycles. The number of hydrogen-bond acceptors (Lipinski definition) is 1. The highest BCUT2D eigenvalue weighted by atomic mass is 15.1. The van der Waals surface area contributed by atoms with E-state index in [4.69, 9.17) is 0 Å². The Morgan fingerprint density at radius 2 is 0.864 bits per heavy atom. The van der Waals surface area contributed by atoms with Crippen molar-refractivity contribution in [2.75, 3.05) is 4.90 Å². The summed E-state index contributed by atoms with van der Waals surface area (Å²) in [5.41, 5.74) is 19.0. The van der Waals surface area contributed by atoms with E-state index in [1.807, 2.05) is 0 Å². The van der Waals surface area contributed by atoms with Crippen LogP contribution < -0.4 is 4.90 Å². The lowest BCUT2D eigenvalue weighted by Gasteiger charge is -2.42. The fraction of sp³-hybridized carbons (Fsp3) is 0.158. The zero-order valence-corrected chi connectivity index (χ0v) is 34.7. The largest absolute Gasteiger partial charge is 0.310 e. The van der Waals surface area contributed by atoms with Gasteiger partial charge in [-0.25, -0.2) is 0 Å². The minimum absolute atomic E-state index is 0.162. The molecule has 0 spiro atoms. The highest BCUT2D eigenvalue weighted by Gasteiger charge is 2.37. The van der Waals surface area contributed by atoms with E-state index in [0.717, 1.165) is 22.7 Å². The molecule has 8 aromatic carbocycles. The van der Waals surface area contributed by atoms with E-state index in [9.17, 15) is 0 Å². The molecule has 1 aliphatic carbocycles. The van der Waals surface area contributed by atoms with E-state index in [1.165, 1.54) is 84.7 Å². The van der Waals surface area contributed by atoms with Crippen LogP contribution in [0.3, 0.4) is 0 Å². The third kappa shape index (κ3) is 6.54. The summed E-state index contributed by atoms with van der Waals surface area (Å²) >= 11 is 0. The minimum atomic E-state index is 0.162. The Morgan fingerprint density at radius 1 is 0.407 bits per heavy atom. The molecule has 1 aliphatic rings. The predicted octanol–water partition coefficient (Wildman–Crippen LogP) is 15.9. The first kappa shape index (κ1) is 36.7.